The van der Waals surface area contributed by atoms with Gasteiger partial charge in [-0.3, -0.25) is 0 Å². The topological polar surface area (TPSA) is 52.5 Å². The molecule has 12 heavy (non-hydrogen) atoms. The summed E-state index contributed by atoms with van der Waals surface area (Å²) in [6, 6.07) is 4.48. The molecule has 0 spiro atoms. The summed E-state index contributed by atoms with van der Waals surface area (Å²) < 4.78 is 13.1. The number of hydrogen-bond acceptors (Lipinski definition) is 2. The molecular weight excluding hydrogens is 157 g/mol. The van der Waals surface area contributed by atoms with Crippen molar-refractivity contribution in [3.05, 3.63) is 29.8 Å². The highest BCUT2D eigenvalue weighted by Crippen LogP contribution is 2.14. The number of halogens is 1. The average Bonchev–Trinajstić information content (AvgIpc) is 2.52. The average molecular weight is 161 g/mol. The fourth-order valence-corrected chi connectivity index (χ4v) is 1.05. The van der Waals surface area contributed by atoms with Crippen LogP contribution in [0, 0.1) is 17.1 Å². The first-order valence-electron chi connectivity index (χ1n) is 3.35. The number of fused-ring (bicyclic) bond motifs is 1. The summed E-state index contributed by atoms with van der Waals surface area (Å²) in [5, 5.41) is 8.88. The molecule has 0 aromatic carbocycles. The van der Waals surface area contributed by atoms with Crippen LogP contribution < -0.4 is 0 Å². The first-order chi connectivity index (χ1) is 5.81. The van der Waals surface area contributed by atoms with Crippen molar-refractivity contribution >= 4 is 11.0 Å². The lowest BCUT2D eigenvalue weighted by Gasteiger charge is -1.91. The minimum Gasteiger partial charge on any atom is -0.346 e. The van der Waals surface area contributed by atoms with E-state index in [2.05, 4.69) is 9.97 Å². The van der Waals surface area contributed by atoms with Gasteiger partial charge in [-0.15, -0.1) is 0 Å². The van der Waals surface area contributed by atoms with Crippen molar-refractivity contribution in [2.45, 2.75) is 0 Å². The van der Waals surface area contributed by atoms with Crippen LogP contribution in [0.3, 0.4) is 0 Å². The van der Waals surface area contributed by atoms with Gasteiger partial charge in [-0.25, -0.2) is 9.37 Å². The zero-order chi connectivity index (χ0) is 8.55. The van der Waals surface area contributed by atoms with Crippen molar-refractivity contribution in [2.75, 3.05) is 0 Å². The first kappa shape index (κ1) is 6.80. The molecule has 2 aromatic rings. The Morgan fingerprint density at radius 2 is 2.42 bits per heavy atom. The summed E-state index contributed by atoms with van der Waals surface area (Å²) in [7, 11) is 0. The third-order valence-corrected chi connectivity index (χ3v) is 1.59. The van der Waals surface area contributed by atoms with Crippen LogP contribution in [-0.4, -0.2) is 9.97 Å². The van der Waals surface area contributed by atoms with Crippen molar-refractivity contribution in [3.8, 4) is 6.07 Å². The molecule has 0 amide bonds. The van der Waals surface area contributed by atoms with Gasteiger partial charge < -0.3 is 4.98 Å². The maximum atomic E-state index is 13.1. The van der Waals surface area contributed by atoms with E-state index in [0.717, 1.165) is 6.07 Å². The molecule has 0 bridgehead atoms. The highest BCUT2D eigenvalue weighted by atomic mass is 19.1. The summed E-state index contributed by atoms with van der Waals surface area (Å²) in [4.78, 5) is 6.59. The third-order valence-electron chi connectivity index (χ3n) is 1.59. The van der Waals surface area contributed by atoms with Crippen LogP contribution in [0.1, 0.15) is 5.69 Å². The minimum absolute atomic E-state index is 0.0856. The fraction of sp³-hybridized carbons (Fsp3) is 0. The standard InChI is InChI=1S/C8H4FN3/c9-7-3-5(4-10)12-8-6(7)1-2-11-8/h1-3H,(H,11,12). The number of nitrogens with one attached hydrogen (secondary N) is 1. The molecule has 2 aromatic heterocycles. The number of nitriles is 1. The van der Waals surface area contributed by atoms with Gasteiger partial charge in [-0.2, -0.15) is 5.26 Å². The molecule has 0 fully saturated rings. The molecule has 1 N–H and O–H groups in total. The molecular formula is C8H4FN3. The summed E-state index contributed by atoms with van der Waals surface area (Å²) in [5.41, 5.74) is 0.494. The summed E-state index contributed by atoms with van der Waals surface area (Å²) >= 11 is 0. The fourth-order valence-electron chi connectivity index (χ4n) is 1.05. The highest BCUT2D eigenvalue weighted by Gasteiger charge is 2.04. The predicted octanol–water partition coefficient (Wildman–Crippen LogP) is 1.57. The van der Waals surface area contributed by atoms with Crippen LogP contribution in [-0.2, 0) is 0 Å². The zero-order valence-electron chi connectivity index (χ0n) is 6.00. The van der Waals surface area contributed by atoms with Gasteiger partial charge in [0, 0.05) is 12.3 Å². The van der Waals surface area contributed by atoms with E-state index >= 15 is 0 Å². The molecule has 0 aliphatic carbocycles. The van der Waals surface area contributed by atoms with Crippen molar-refractivity contribution in [2.24, 2.45) is 0 Å². The van der Waals surface area contributed by atoms with Crippen molar-refractivity contribution in [3.63, 3.8) is 0 Å². The van der Waals surface area contributed by atoms with E-state index in [-0.39, 0.29) is 5.69 Å². The van der Waals surface area contributed by atoms with Gasteiger partial charge in [0.05, 0.1) is 5.39 Å². The summed E-state index contributed by atoms with van der Waals surface area (Å²) in [6.45, 7) is 0. The molecule has 0 unspecified atom stereocenters. The van der Waals surface area contributed by atoms with Gasteiger partial charge in [0.15, 0.2) is 0 Å². The Morgan fingerprint density at radius 1 is 1.58 bits per heavy atom. The van der Waals surface area contributed by atoms with Gasteiger partial charge >= 0.3 is 0 Å². The van der Waals surface area contributed by atoms with E-state index < -0.39 is 5.82 Å². The van der Waals surface area contributed by atoms with E-state index in [4.69, 9.17) is 5.26 Å². The second-order valence-corrected chi connectivity index (χ2v) is 2.34. The van der Waals surface area contributed by atoms with E-state index in [0.29, 0.717) is 11.0 Å². The van der Waals surface area contributed by atoms with E-state index in [9.17, 15) is 4.39 Å². The maximum absolute atomic E-state index is 13.1. The maximum Gasteiger partial charge on any atom is 0.145 e. The lowest BCUT2D eigenvalue weighted by atomic mass is 10.3. The monoisotopic (exact) mass is 161 g/mol. The molecule has 0 saturated carbocycles. The molecule has 4 heteroatoms. The van der Waals surface area contributed by atoms with Crippen LogP contribution in [0.15, 0.2) is 18.3 Å². The first-order valence-corrected chi connectivity index (χ1v) is 3.35. The van der Waals surface area contributed by atoms with Crippen LogP contribution >= 0.6 is 0 Å². The second-order valence-electron chi connectivity index (χ2n) is 2.34. The van der Waals surface area contributed by atoms with E-state index in [1.54, 1.807) is 18.3 Å². The molecule has 2 heterocycles. The molecule has 0 aliphatic heterocycles. The van der Waals surface area contributed by atoms with Gasteiger partial charge in [0.25, 0.3) is 0 Å². The molecule has 0 atom stereocenters. The van der Waals surface area contributed by atoms with Crippen molar-refractivity contribution in [1.29, 1.82) is 5.26 Å². The lowest BCUT2D eigenvalue weighted by molar-refractivity contribution is 0.638. The molecule has 0 aliphatic rings. The Kier molecular flexibility index (Phi) is 1.31. The largest absolute Gasteiger partial charge is 0.346 e. The Morgan fingerprint density at radius 3 is 3.17 bits per heavy atom. The second kappa shape index (κ2) is 2.31. The van der Waals surface area contributed by atoms with Crippen LogP contribution in [0.5, 0.6) is 0 Å². The number of pyridine rings is 1. The van der Waals surface area contributed by atoms with Gasteiger partial charge in [-0.1, -0.05) is 0 Å². The molecule has 2 rings (SSSR count). The number of rotatable bonds is 0. The number of aromatic amines is 1. The van der Waals surface area contributed by atoms with Crippen LogP contribution in [0.2, 0.25) is 0 Å². The summed E-state index contributed by atoms with van der Waals surface area (Å²) in [6.07, 6.45) is 1.59. The zero-order valence-corrected chi connectivity index (χ0v) is 6.00. The quantitative estimate of drug-likeness (QED) is 0.637. The van der Waals surface area contributed by atoms with Crippen molar-refractivity contribution < 1.29 is 4.39 Å². The normalized spacial score (nSPS) is 10.0. The number of H-pyrrole nitrogens is 1. The predicted molar refractivity (Wildman–Crippen MR) is 40.8 cm³/mol. The number of nitrogens with zero attached hydrogens (tertiary/aromatic N) is 2. The van der Waals surface area contributed by atoms with Crippen molar-refractivity contribution in [1.82, 2.24) is 9.97 Å². The number of hydrogen-bond donors (Lipinski definition) is 1. The smallest absolute Gasteiger partial charge is 0.145 e. The minimum atomic E-state index is -0.419. The molecule has 58 valence electrons. The highest BCUT2D eigenvalue weighted by molar-refractivity contribution is 5.76. The van der Waals surface area contributed by atoms with Crippen LogP contribution in [0.4, 0.5) is 4.39 Å². The Hall–Kier alpha value is -1.89. The van der Waals surface area contributed by atoms with Gasteiger partial charge in [0.2, 0.25) is 0 Å². The summed E-state index contributed by atoms with van der Waals surface area (Å²) in [5.74, 6) is -0.419. The Bertz CT molecular complexity index is 467. The van der Waals surface area contributed by atoms with Crippen LogP contribution in [0.25, 0.3) is 11.0 Å². The Labute approximate surface area is 67.5 Å². The molecule has 0 saturated heterocycles. The van der Waals surface area contributed by atoms with E-state index in [1.807, 2.05) is 0 Å². The Balaban J connectivity index is 2.86. The lowest BCUT2D eigenvalue weighted by Crippen LogP contribution is -1.86. The third kappa shape index (κ3) is 0.839. The molecule has 0 radical (unpaired) electrons. The SMILES string of the molecule is N#Cc1cc(F)c2cc[nH]c2n1. The van der Waals surface area contributed by atoms with Gasteiger partial charge in [-0.05, 0) is 6.07 Å². The van der Waals surface area contributed by atoms with E-state index in [1.165, 1.54) is 0 Å². The van der Waals surface area contributed by atoms with Gasteiger partial charge in [0.1, 0.15) is 23.2 Å². The number of aromatic nitrogens is 2. The molecule has 3 nitrogen and oxygen atoms in total.